The summed E-state index contributed by atoms with van der Waals surface area (Å²) >= 11 is 0. The number of nitrogens with zero attached hydrogens (tertiary/aromatic N) is 2. The van der Waals surface area contributed by atoms with Crippen LogP contribution < -0.4 is 5.32 Å². The number of imidazole rings is 1. The second-order valence-electron chi connectivity index (χ2n) is 5.28. The first kappa shape index (κ1) is 13.8. The minimum absolute atomic E-state index is 0.418. The van der Waals surface area contributed by atoms with Gasteiger partial charge in [0.1, 0.15) is 5.82 Å². The van der Waals surface area contributed by atoms with Gasteiger partial charge in [0.2, 0.25) is 0 Å². The molecule has 0 amide bonds. The van der Waals surface area contributed by atoms with Gasteiger partial charge in [0.05, 0.1) is 0 Å². The zero-order valence-corrected chi connectivity index (χ0v) is 12.3. The Labute approximate surface area is 115 Å². The van der Waals surface area contributed by atoms with Crippen molar-refractivity contribution in [1.29, 1.82) is 0 Å². The van der Waals surface area contributed by atoms with Crippen LogP contribution in [0.15, 0.2) is 30.6 Å². The van der Waals surface area contributed by atoms with Crippen LogP contribution >= 0.6 is 0 Å². The van der Waals surface area contributed by atoms with E-state index in [-0.39, 0.29) is 0 Å². The van der Waals surface area contributed by atoms with Crippen LogP contribution in [0, 0.1) is 13.8 Å². The van der Waals surface area contributed by atoms with Gasteiger partial charge in [0.15, 0.2) is 0 Å². The Morgan fingerprint density at radius 1 is 1.26 bits per heavy atom. The molecule has 19 heavy (non-hydrogen) atoms. The summed E-state index contributed by atoms with van der Waals surface area (Å²) in [6, 6.07) is 7.09. The molecule has 0 spiro atoms. The maximum Gasteiger partial charge on any atom is 0.109 e. The normalized spacial score (nSPS) is 12.6. The first-order valence-corrected chi connectivity index (χ1v) is 6.79. The Kier molecular flexibility index (Phi) is 4.38. The van der Waals surface area contributed by atoms with Crippen LogP contribution in [-0.4, -0.2) is 22.6 Å². The third kappa shape index (κ3) is 3.44. The summed E-state index contributed by atoms with van der Waals surface area (Å²) in [7, 11) is 4.08. The third-order valence-corrected chi connectivity index (χ3v) is 3.73. The maximum atomic E-state index is 4.41. The molecular formula is C16H23N3. The largest absolute Gasteiger partial charge is 0.338 e. The van der Waals surface area contributed by atoms with Crippen molar-refractivity contribution < 1.29 is 0 Å². The predicted molar refractivity (Wildman–Crippen MR) is 79.4 cm³/mol. The van der Waals surface area contributed by atoms with Gasteiger partial charge in [-0.3, -0.25) is 0 Å². The lowest BCUT2D eigenvalue weighted by Crippen LogP contribution is -2.31. The molecule has 102 valence electrons. The van der Waals surface area contributed by atoms with E-state index < -0.39 is 0 Å². The van der Waals surface area contributed by atoms with Crippen LogP contribution in [0.2, 0.25) is 0 Å². The quantitative estimate of drug-likeness (QED) is 0.891. The van der Waals surface area contributed by atoms with E-state index in [1.54, 1.807) is 0 Å². The van der Waals surface area contributed by atoms with Gasteiger partial charge in [-0.25, -0.2) is 4.98 Å². The molecule has 1 aromatic carbocycles. The molecule has 0 aliphatic heterocycles. The summed E-state index contributed by atoms with van der Waals surface area (Å²) < 4.78 is 2.09. The summed E-state index contributed by atoms with van der Waals surface area (Å²) in [6.45, 7) is 4.33. The van der Waals surface area contributed by atoms with Crippen LogP contribution in [0.1, 0.15) is 22.5 Å². The molecule has 0 saturated carbocycles. The lowest BCUT2D eigenvalue weighted by molar-refractivity contribution is 0.533. The van der Waals surface area contributed by atoms with E-state index in [0.717, 1.165) is 18.7 Å². The Balaban J connectivity index is 2.11. The van der Waals surface area contributed by atoms with Crippen molar-refractivity contribution in [3.63, 3.8) is 0 Å². The Bertz CT molecular complexity index is 543. The fourth-order valence-corrected chi connectivity index (χ4v) is 2.38. The Morgan fingerprint density at radius 3 is 2.68 bits per heavy atom. The highest BCUT2D eigenvalue weighted by Gasteiger charge is 2.12. The highest BCUT2D eigenvalue weighted by Crippen LogP contribution is 2.14. The summed E-state index contributed by atoms with van der Waals surface area (Å²) in [5.74, 6) is 1.13. The lowest BCUT2D eigenvalue weighted by Gasteiger charge is -2.17. The number of hydrogen-bond acceptors (Lipinski definition) is 2. The number of aromatic nitrogens is 2. The standard InChI is InChI=1S/C16H23N3/c1-12-5-6-13(2)14(9-12)10-15(17-3)11-16-18-7-8-19(16)4/h5-9,15,17H,10-11H2,1-4H3. The molecule has 1 atom stereocenters. The molecule has 1 heterocycles. The highest BCUT2D eigenvalue weighted by atomic mass is 15.0. The van der Waals surface area contributed by atoms with E-state index in [1.807, 2.05) is 26.5 Å². The average Bonchev–Trinajstić information content (AvgIpc) is 2.78. The number of aryl methyl sites for hydroxylation is 3. The smallest absolute Gasteiger partial charge is 0.109 e. The SMILES string of the molecule is CNC(Cc1cc(C)ccc1C)Cc1nccn1C. The van der Waals surface area contributed by atoms with Crippen LogP contribution in [0.4, 0.5) is 0 Å². The van der Waals surface area contributed by atoms with Crippen molar-refractivity contribution in [3.05, 3.63) is 53.1 Å². The molecule has 0 aliphatic rings. The highest BCUT2D eigenvalue weighted by molar-refractivity contribution is 5.31. The van der Waals surface area contributed by atoms with Crippen molar-refractivity contribution in [3.8, 4) is 0 Å². The monoisotopic (exact) mass is 257 g/mol. The van der Waals surface area contributed by atoms with E-state index in [0.29, 0.717) is 6.04 Å². The zero-order chi connectivity index (χ0) is 13.8. The van der Waals surface area contributed by atoms with Gasteiger partial charge in [-0.1, -0.05) is 23.8 Å². The van der Waals surface area contributed by atoms with Gasteiger partial charge in [-0.2, -0.15) is 0 Å². The fourth-order valence-electron chi connectivity index (χ4n) is 2.38. The van der Waals surface area contributed by atoms with Crippen molar-refractivity contribution >= 4 is 0 Å². The molecule has 1 N–H and O–H groups in total. The Hall–Kier alpha value is -1.61. The van der Waals surface area contributed by atoms with Crippen LogP contribution in [0.5, 0.6) is 0 Å². The first-order valence-electron chi connectivity index (χ1n) is 6.79. The van der Waals surface area contributed by atoms with Gasteiger partial charge in [-0.15, -0.1) is 0 Å². The van der Waals surface area contributed by atoms with Gasteiger partial charge in [-0.05, 0) is 38.4 Å². The average molecular weight is 257 g/mol. The molecule has 2 aromatic rings. The summed E-state index contributed by atoms with van der Waals surface area (Å²) in [4.78, 5) is 4.41. The first-order chi connectivity index (χ1) is 9.10. The second kappa shape index (κ2) is 6.02. The zero-order valence-electron chi connectivity index (χ0n) is 12.3. The molecule has 0 fully saturated rings. The third-order valence-electron chi connectivity index (χ3n) is 3.73. The fraction of sp³-hybridized carbons (Fsp3) is 0.438. The second-order valence-corrected chi connectivity index (χ2v) is 5.28. The summed E-state index contributed by atoms with van der Waals surface area (Å²) in [5.41, 5.74) is 4.12. The number of nitrogens with one attached hydrogen (secondary N) is 1. The van der Waals surface area contributed by atoms with E-state index in [9.17, 15) is 0 Å². The molecule has 0 bridgehead atoms. The minimum atomic E-state index is 0.418. The van der Waals surface area contributed by atoms with E-state index in [1.165, 1.54) is 16.7 Å². The molecule has 3 heteroatoms. The molecule has 0 saturated heterocycles. The number of hydrogen-bond donors (Lipinski definition) is 1. The van der Waals surface area contributed by atoms with Gasteiger partial charge in [0.25, 0.3) is 0 Å². The minimum Gasteiger partial charge on any atom is -0.338 e. The van der Waals surface area contributed by atoms with Crippen molar-refractivity contribution in [2.45, 2.75) is 32.7 Å². The van der Waals surface area contributed by atoms with E-state index >= 15 is 0 Å². The maximum absolute atomic E-state index is 4.41. The van der Waals surface area contributed by atoms with Gasteiger partial charge >= 0.3 is 0 Å². The molecule has 1 unspecified atom stereocenters. The van der Waals surface area contributed by atoms with E-state index in [2.05, 4.69) is 46.9 Å². The molecular weight excluding hydrogens is 234 g/mol. The lowest BCUT2D eigenvalue weighted by atomic mass is 9.97. The number of likely N-dealkylation sites (N-methyl/N-ethyl adjacent to an activating group) is 1. The van der Waals surface area contributed by atoms with Crippen LogP contribution in [0.25, 0.3) is 0 Å². The summed E-state index contributed by atoms with van der Waals surface area (Å²) in [5, 5.41) is 3.41. The van der Waals surface area contributed by atoms with Crippen molar-refractivity contribution in [2.24, 2.45) is 7.05 Å². The topological polar surface area (TPSA) is 29.9 Å². The van der Waals surface area contributed by atoms with Crippen LogP contribution in [0.3, 0.4) is 0 Å². The molecule has 0 radical (unpaired) electrons. The molecule has 0 aliphatic carbocycles. The molecule has 2 rings (SSSR count). The van der Waals surface area contributed by atoms with Crippen molar-refractivity contribution in [1.82, 2.24) is 14.9 Å². The van der Waals surface area contributed by atoms with E-state index in [4.69, 9.17) is 0 Å². The Morgan fingerprint density at radius 2 is 2.05 bits per heavy atom. The summed E-state index contributed by atoms with van der Waals surface area (Å²) in [6.07, 6.45) is 5.85. The van der Waals surface area contributed by atoms with Crippen LogP contribution in [-0.2, 0) is 19.9 Å². The predicted octanol–water partition coefficient (Wildman–Crippen LogP) is 2.41. The number of benzene rings is 1. The van der Waals surface area contributed by atoms with Crippen molar-refractivity contribution in [2.75, 3.05) is 7.05 Å². The number of rotatable bonds is 5. The van der Waals surface area contributed by atoms with Gasteiger partial charge < -0.3 is 9.88 Å². The molecule has 1 aromatic heterocycles. The van der Waals surface area contributed by atoms with Gasteiger partial charge in [0, 0.05) is 31.9 Å². The molecule has 3 nitrogen and oxygen atoms in total.